The summed E-state index contributed by atoms with van der Waals surface area (Å²) in [5, 5.41) is 0.933. The smallest absolute Gasteiger partial charge is 0.196 e. The number of carbonyl (C=O) groups is 1. The van der Waals surface area contributed by atoms with E-state index in [0.717, 1.165) is 28.4 Å². The molecule has 0 saturated carbocycles. The molecule has 1 aromatic heterocycles. The van der Waals surface area contributed by atoms with Gasteiger partial charge < -0.3 is 14.4 Å². The second kappa shape index (κ2) is 7.50. The van der Waals surface area contributed by atoms with E-state index in [-0.39, 0.29) is 17.9 Å². The summed E-state index contributed by atoms with van der Waals surface area (Å²) in [6, 6.07) is 11.4. The Balaban J connectivity index is 1.61. The zero-order chi connectivity index (χ0) is 20.7. The molecule has 0 radical (unpaired) electrons. The van der Waals surface area contributed by atoms with Crippen molar-refractivity contribution in [2.24, 2.45) is 0 Å². The van der Waals surface area contributed by atoms with Crippen LogP contribution in [-0.2, 0) is 4.74 Å². The van der Waals surface area contributed by atoms with Gasteiger partial charge in [0, 0.05) is 35.7 Å². The number of anilines is 1. The number of halogens is 2. The molecule has 152 valence electrons. The Morgan fingerprint density at radius 3 is 2.70 bits per heavy atom. The van der Waals surface area contributed by atoms with Crippen molar-refractivity contribution in [1.29, 1.82) is 0 Å². The average Bonchev–Trinajstić information content (AvgIpc) is 2.76. The number of hydrogen-bond donors (Lipinski definition) is 0. The van der Waals surface area contributed by atoms with Gasteiger partial charge in [0.25, 0.3) is 0 Å². The predicted octanol–water partition coefficient (Wildman–Crippen LogP) is 4.01. The van der Waals surface area contributed by atoms with Crippen molar-refractivity contribution >= 4 is 28.6 Å². The van der Waals surface area contributed by atoms with Gasteiger partial charge in [0.2, 0.25) is 0 Å². The first kappa shape index (κ1) is 18.7. The van der Waals surface area contributed by atoms with Crippen LogP contribution in [0.25, 0.3) is 17.0 Å². The molecule has 2 aromatic carbocycles. The van der Waals surface area contributed by atoms with Gasteiger partial charge in [-0.25, -0.2) is 13.8 Å². The van der Waals surface area contributed by atoms with Crippen molar-refractivity contribution in [2.45, 2.75) is 0 Å². The van der Waals surface area contributed by atoms with Crippen LogP contribution < -0.4 is 9.64 Å². The summed E-state index contributed by atoms with van der Waals surface area (Å²) in [6.07, 6.45) is 1.71. The van der Waals surface area contributed by atoms with E-state index in [1.54, 1.807) is 6.08 Å². The number of morpholine rings is 1. The maximum absolute atomic E-state index is 14.0. The molecule has 2 aliphatic heterocycles. The number of carbonyl (C=O) groups excluding carboxylic acids is 1. The highest BCUT2D eigenvalue weighted by atomic mass is 19.1. The molecule has 30 heavy (non-hydrogen) atoms. The lowest BCUT2D eigenvalue weighted by Gasteiger charge is -2.29. The minimum Gasteiger partial charge on any atom is -0.485 e. The maximum Gasteiger partial charge on any atom is 0.196 e. The lowest BCUT2D eigenvalue weighted by atomic mass is 9.97. The Bertz CT molecular complexity index is 1190. The summed E-state index contributed by atoms with van der Waals surface area (Å²) >= 11 is 0. The third-order valence-corrected chi connectivity index (χ3v) is 5.29. The van der Waals surface area contributed by atoms with Gasteiger partial charge in [-0.05, 0) is 24.3 Å². The lowest BCUT2D eigenvalue weighted by molar-refractivity contribution is 0.0997. The molecule has 3 heterocycles. The monoisotopic (exact) mass is 408 g/mol. The van der Waals surface area contributed by atoms with Crippen LogP contribution in [0.1, 0.15) is 15.9 Å². The minimum absolute atomic E-state index is 0.0935. The van der Waals surface area contributed by atoms with Gasteiger partial charge in [-0.1, -0.05) is 18.2 Å². The Labute approximate surface area is 171 Å². The first-order valence-corrected chi connectivity index (χ1v) is 9.70. The predicted molar refractivity (Wildman–Crippen MR) is 109 cm³/mol. The minimum atomic E-state index is -0.876. The highest BCUT2D eigenvalue weighted by Gasteiger charge is 2.28. The zero-order valence-corrected chi connectivity index (χ0v) is 16.0. The van der Waals surface area contributed by atoms with Crippen LogP contribution in [0, 0.1) is 11.6 Å². The Kier molecular flexibility index (Phi) is 4.67. The number of hydrogen-bond acceptors (Lipinski definition) is 5. The second-order valence-corrected chi connectivity index (χ2v) is 7.24. The quantitative estimate of drug-likeness (QED) is 0.600. The van der Waals surface area contributed by atoms with E-state index >= 15 is 0 Å². The van der Waals surface area contributed by atoms with Crippen LogP contribution in [0.2, 0.25) is 0 Å². The van der Waals surface area contributed by atoms with Gasteiger partial charge in [-0.3, -0.25) is 4.79 Å². The summed E-state index contributed by atoms with van der Waals surface area (Å²) in [4.78, 5) is 19.9. The molecule has 5 rings (SSSR count). The third kappa shape index (κ3) is 3.31. The van der Waals surface area contributed by atoms with Crippen molar-refractivity contribution in [1.82, 2.24) is 4.98 Å². The first-order chi connectivity index (χ1) is 14.6. The maximum atomic E-state index is 14.0. The number of fused-ring (bicyclic) bond motifs is 2. The fourth-order valence-electron chi connectivity index (χ4n) is 3.82. The normalized spacial score (nSPS) is 17.9. The molecule has 3 aromatic rings. The molecular weight excluding hydrogens is 390 g/mol. The summed E-state index contributed by atoms with van der Waals surface area (Å²) < 4.78 is 38.5. The molecule has 0 unspecified atom stereocenters. The molecule has 5 nitrogen and oxygen atoms in total. The highest BCUT2D eigenvalue weighted by molar-refractivity contribution is 6.14. The fourth-order valence-corrected chi connectivity index (χ4v) is 3.82. The molecule has 0 aliphatic carbocycles. The van der Waals surface area contributed by atoms with Gasteiger partial charge in [0.1, 0.15) is 18.2 Å². The number of rotatable bonds is 2. The van der Waals surface area contributed by atoms with Crippen molar-refractivity contribution in [3.63, 3.8) is 0 Å². The van der Waals surface area contributed by atoms with Crippen LogP contribution in [-0.4, -0.2) is 43.7 Å². The first-order valence-electron chi connectivity index (χ1n) is 9.70. The topological polar surface area (TPSA) is 51.7 Å². The number of benzene rings is 2. The van der Waals surface area contributed by atoms with E-state index in [1.165, 1.54) is 0 Å². The van der Waals surface area contributed by atoms with Crippen LogP contribution in [0.5, 0.6) is 5.75 Å². The van der Waals surface area contributed by atoms with E-state index in [4.69, 9.17) is 14.5 Å². The lowest BCUT2D eigenvalue weighted by Crippen LogP contribution is -2.37. The zero-order valence-electron chi connectivity index (χ0n) is 16.0. The Hall–Kier alpha value is -3.32. The molecule has 2 aliphatic rings. The van der Waals surface area contributed by atoms with Crippen molar-refractivity contribution in [3.8, 4) is 5.75 Å². The number of pyridine rings is 1. The fraction of sp³-hybridized carbons (Fsp3) is 0.217. The van der Waals surface area contributed by atoms with E-state index < -0.39 is 17.4 Å². The molecule has 0 N–H and O–H groups in total. The van der Waals surface area contributed by atoms with E-state index in [0.29, 0.717) is 37.9 Å². The molecule has 7 heteroatoms. The molecule has 0 amide bonds. The van der Waals surface area contributed by atoms with Gasteiger partial charge >= 0.3 is 0 Å². The SMILES string of the molecule is O=C1/C(=C\c2cc3ccccc3nc2N2CCOCC2)COc2c(F)cc(F)cc21. The van der Waals surface area contributed by atoms with Crippen LogP contribution in [0.4, 0.5) is 14.6 Å². The molecule has 0 bridgehead atoms. The number of para-hydroxylation sites is 1. The molecule has 1 saturated heterocycles. The largest absolute Gasteiger partial charge is 0.485 e. The number of ketones is 1. The Morgan fingerprint density at radius 2 is 1.87 bits per heavy atom. The summed E-state index contributed by atoms with van der Waals surface area (Å²) in [5.74, 6) is -1.60. The van der Waals surface area contributed by atoms with Gasteiger partial charge in [-0.2, -0.15) is 0 Å². The summed E-state index contributed by atoms with van der Waals surface area (Å²) in [7, 11) is 0. The summed E-state index contributed by atoms with van der Waals surface area (Å²) in [6.45, 7) is 2.47. The van der Waals surface area contributed by atoms with Gasteiger partial charge in [-0.15, -0.1) is 0 Å². The number of ether oxygens (including phenoxy) is 2. The molecule has 0 spiro atoms. The average molecular weight is 408 g/mol. The van der Waals surface area contributed by atoms with Gasteiger partial charge in [0.05, 0.1) is 24.3 Å². The van der Waals surface area contributed by atoms with Crippen molar-refractivity contribution in [2.75, 3.05) is 37.8 Å². The molecular formula is C23H18F2N2O3. The van der Waals surface area contributed by atoms with Gasteiger partial charge in [0.15, 0.2) is 17.3 Å². The number of nitrogens with zero attached hydrogens (tertiary/aromatic N) is 2. The van der Waals surface area contributed by atoms with Crippen LogP contribution >= 0.6 is 0 Å². The molecule has 1 fully saturated rings. The van der Waals surface area contributed by atoms with E-state index in [9.17, 15) is 13.6 Å². The van der Waals surface area contributed by atoms with Crippen molar-refractivity contribution in [3.05, 3.63) is 70.8 Å². The van der Waals surface area contributed by atoms with E-state index in [2.05, 4.69) is 4.90 Å². The van der Waals surface area contributed by atoms with Crippen LogP contribution in [0.15, 0.2) is 48.0 Å². The summed E-state index contributed by atoms with van der Waals surface area (Å²) in [5.41, 5.74) is 1.82. The van der Waals surface area contributed by atoms with E-state index in [1.807, 2.05) is 30.3 Å². The third-order valence-electron chi connectivity index (χ3n) is 5.29. The standard InChI is InChI=1S/C23H18F2N2O3/c24-17-11-18-21(28)16(13-30-22(18)19(25)12-17)10-15-9-14-3-1-2-4-20(14)26-23(15)27-5-7-29-8-6-27/h1-4,9-12H,5-8,13H2/b16-10-. The second-order valence-electron chi connectivity index (χ2n) is 7.24. The Morgan fingerprint density at radius 1 is 1.07 bits per heavy atom. The number of aromatic nitrogens is 1. The van der Waals surface area contributed by atoms with Crippen LogP contribution in [0.3, 0.4) is 0 Å². The number of Topliss-reactive ketones (excluding diaryl/α,β-unsaturated/α-hetero) is 1. The highest BCUT2D eigenvalue weighted by Crippen LogP contribution is 2.33. The van der Waals surface area contributed by atoms with Crippen molar-refractivity contribution < 1.29 is 23.0 Å². The molecule has 0 atom stereocenters.